The van der Waals surface area contributed by atoms with Gasteiger partial charge in [-0.1, -0.05) is 28.1 Å². The Morgan fingerprint density at radius 2 is 1.80 bits per heavy atom. The first-order chi connectivity index (χ1) is 11.8. The molecule has 130 valence electrons. The molecule has 0 radical (unpaired) electrons. The van der Waals surface area contributed by atoms with Crippen molar-refractivity contribution < 1.29 is 8.42 Å². The zero-order valence-electron chi connectivity index (χ0n) is 13.7. The van der Waals surface area contributed by atoms with Crippen molar-refractivity contribution in [1.29, 1.82) is 0 Å². The van der Waals surface area contributed by atoms with E-state index in [2.05, 4.69) is 36.2 Å². The maximum absolute atomic E-state index is 11.3. The second kappa shape index (κ2) is 6.89. The summed E-state index contributed by atoms with van der Waals surface area (Å²) in [6.07, 6.45) is 1.13. The van der Waals surface area contributed by atoms with Crippen LogP contribution in [0, 0.1) is 6.92 Å². The maximum Gasteiger partial charge on any atom is 0.229 e. The fraction of sp³-hybridized carbons (Fsp3) is 0.118. The normalized spacial score (nSPS) is 11.3. The molecule has 6 nitrogen and oxygen atoms in total. The van der Waals surface area contributed by atoms with Crippen molar-refractivity contribution in [3.63, 3.8) is 0 Å². The monoisotopic (exact) mass is 420 g/mol. The Hall–Kier alpha value is -2.32. The summed E-state index contributed by atoms with van der Waals surface area (Å²) in [5, 5.41) is 10.5. The number of anilines is 3. The molecule has 0 aliphatic carbocycles. The summed E-state index contributed by atoms with van der Waals surface area (Å²) in [5.41, 5.74) is 4.23. The van der Waals surface area contributed by atoms with Crippen LogP contribution in [-0.4, -0.2) is 24.9 Å². The van der Waals surface area contributed by atoms with E-state index in [1.165, 1.54) is 0 Å². The van der Waals surface area contributed by atoms with Gasteiger partial charge in [0, 0.05) is 21.9 Å². The third-order valence-corrected chi connectivity index (χ3v) is 4.66. The summed E-state index contributed by atoms with van der Waals surface area (Å²) in [6, 6.07) is 15.2. The average molecular weight is 421 g/mol. The van der Waals surface area contributed by atoms with Gasteiger partial charge >= 0.3 is 0 Å². The Bertz CT molecular complexity index is 998. The van der Waals surface area contributed by atoms with Gasteiger partial charge in [0.1, 0.15) is 0 Å². The molecule has 1 heterocycles. The van der Waals surface area contributed by atoms with E-state index in [4.69, 9.17) is 0 Å². The minimum atomic E-state index is -3.29. The Balaban J connectivity index is 1.78. The number of nitrogens with zero attached hydrogens (tertiary/aromatic N) is 1. The number of halogens is 1. The van der Waals surface area contributed by atoms with E-state index in [0.717, 1.165) is 33.2 Å². The molecule has 0 unspecified atom stereocenters. The number of H-pyrrole nitrogens is 1. The fourth-order valence-electron chi connectivity index (χ4n) is 2.38. The first-order valence-corrected chi connectivity index (χ1v) is 10.2. The first kappa shape index (κ1) is 17.5. The molecule has 0 atom stereocenters. The summed E-state index contributed by atoms with van der Waals surface area (Å²) in [7, 11) is -3.29. The Kier molecular flexibility index (Phi) is 4.82. The second-order valence-electron chi connectivity index (χ2n) is 5.70. The Morgan fingerprint density at radius 3 is 2.44 bits per heavy atom. The molecule has 0 bridgehead atoms. The van der Waals surface area contributed by atoms with Crippen molar-refractivity contribution in [3.8, 4) is 11.3 Å². The number of nitrogens with one attached hydrogen (secondary N) is 3. The molecule has 0 amide bonds. The van der Waals surface area contributed by atoms with Crippen LogP contribution in [0.1, 0.15) is 5.56 Å². The third kappa shape index (κ3) is 4.61. The van der Waals surface area contributed by atoms with Crippen molar-refractivity contribution in [3.05, 3.63) is 58.6 Å². The van der Waals surface area contributed by atoms with E-state index >= 15 is 0 Å². The van der Waals surface area contributed by atoms with Gasteiger partial charge in [-0.3, -0.25) is 9.82 Å². The topological polar surface area (TPSA) is 86.9 Å². The quantitative estimate of drug-likeness (QED) is 0.575. The molecule has 1 aromatic heterocycles. The van der Waals surface area contributed by atoms with Crippen molar-refractivity contribution in [1.82, 2.24) is 10.2 Å². The van der Waals surface area contributed by atoms with Crippen LogP contribution in [0.25, 0.3) is 11.3 Å². The van der Waals surface area contributed by atoms with Crippen LogP contribution in [0.3, 0.4) is 0 Å². The van der Waals surface area contributed by atoms with Gasteiger partial charge < -0.3 is 5.32 Å². The van der Waals surface area contributed by atoms with Crippen molar-refractivity contribution >= 4 is 43.1 Å². The van der Waals surface area contributed by atoms with Crippen LogP contribution in [0.2, 0.25) is 0 Å². The van der Waals surface area contributed by atoms with Gasteiger partial charge in [0.25, 0.3) is 0 Å². The van der Waals surface area contributed by atoms with Gasteiger partial charge in [0.2, 0.25) is 10.0 Å². The number of benzene rings is 2. The van der Waals surface area contributed by atoms with E-state index in [1.54, 1.807) is 12.1 Å². The molecule has 0 aliphatic heterocycles. The molecule has 0 saturated carbocycles. The lowest BCUT2D eigenvalue weighted by Crippen LogP contribution is -2.09. The second-order valence-corrected chi connectivity index (χ2v) is 8.37. The molecule has 25 heavy (non-hydrogen) atoms. The number of sulfonamides is 1. The van der Waals surface area contributed by atoms with Crippen molar-refractivity contribution in [2.75, 3.05) is 16.3 Å². The predicted octanol–water partition coefficient (Wildman–Crippen LogP) is 4.26. The lowest BCUT2D eigenvalue weighted by molar-refractivity contribution is 0.607. The summed E-state index contributed by atoms with van der Waals surface area (Å²) < 4.78 is 26.1. The highest BCUT2D eigenvalue weighted by atomic mass is 79.9. The molecule has 0 spiro atoms. The molecule has 0 fully saturated rings. The molecule has 3 rings (SSSR count). The molecule has 0 saturated heterocycles. The van der Waals surface area contributed by atoms with E-state index in [9.17, 15) is 8.42 Å². The van der Waals surface area contributed by atoms with E-state index in [1.807, 2.05) is 43.3 Å². The fourth-order valence-corrected chi connectivity index (χ4v) is 3.20. The zero-order valence-corrected chi connectivity index (χ0v) is 16.1. The van der Waals surface area contributed by atoms with Gasteiger partial charge in [-0.05, 0) is 48.4 Å². The zero-order chi connectivity index (χ0) is 18.0. The SMILES string of the molecule is Cc1cc(NS(C)(=O)=O)ccc1Nc1cc(-c2ccc(Br)cc2)[nH]n1. The van der Waals surface area contributed by atoms with Crippen molar-refractivity contribution in [2.24, 2.45) is 0 Å². The van der Waals surface area contributed by atoms with Crippen LogP contribution in [0.5, 0.6) is 0 Å². The molecule has 8 heteroatoms. The van der Waals surface area contributed by atoms with Gasteiger partial charge in [-0.15, -0.1) is 0 Å². The van der Waals surface area contributed by atoms with E-state index in [-0.39, 0.29) is 0 Å². The number of aromatic nitrogens is 2. The summed E-state index contributed by atoms with van der Waals surface area (Å²) >= 11 is 3.42. The minimum absolute atomic E-state index is 0.531. The molecule has 2 aromatic carbocycles. The largest absolute Gasteiger partial charge is 0.339 e. The third-order valence-electron chi connectivity index (χ3n) is 3.53. The smallest absolute Gasteiger partial charge is 0.229 e. The number of rotatable bonds is 5. The van der Waals surface area contributed by atoms with Crippen LogP contribution >= 0.6 is 15.9 Å². The number of aryl methyl sites for hydroxylation is 1. The van der Waals surface area contributed by atoms with Crippen LogP contribution < -0.4 is 10.0 Å². The van der Waals surface area contributed by atoms with Gasteiger partial charge in [-0.25, -0.2) is 8.42 Å². The molecule has 3 aromatic rings. The molecular weight excluding hydrogens is 404 g/mol. The van der Waals surface area contributed by atoms with E-state index < -0.39 is 10.0 Å². The number of aromatic amines is 1. The van der Waals surface area contributed by atoms with Gasteiger partial charge in [0.05, 0.1) is 11.9 Å². The van der Waals surface area contributed by atoms with Crippen LogP contribution in [-0.2, 0) is 10.0 Å². The predicted molar refractivity (Wildman–Crippen MR) is 105 cm³/mol. The van der Waals surface area contributed by atoms with Crippen molar-refractivity contribution in [2.45, 2.75) is 6.92 Å². The standard InChI is InChI=1S/C17H17BrN4O2S/c1-11-9-14(22-25(2,23)24)7-8-15(11)19-17-10-16(20-21-17)12-3-5-13(18)6-4-12/h3-10,22H,1-2H3,(H2,19,20,21). The Morgan fingerprint density at radius 1 is 1.08 bits per heavy atom. The Labute approximate surface area is 154 Å². The highest BCUT2D eigenvalue weighted by Gasteiger charge is 2.07. The van der Waals surface area contributed by atoms with Gasteiger partial charge in [-0.2, -0.15) is 5.10 Å². The summed E-state index contributed by atoms with van der Waals surface area (Å²) in [4.78, 5) is 0. The highest BCUT2D eigenvalue weighted by molar-refractivity contribution is 9.10. The molecule has 0 aliphatic rings. The van der Waals surface area contributed by atoms with Crippen LogP contribution in [0.4, 0.5) is 17.2 Å². The lowest BCUT2D eigenvalue weighted by atomic mass is 10.1. The minimum Gasteiger partial charge on any atom is -0.339 e. The number of hydrogen-bond donors (Lipinski definition) is 3. The maximum atomic E-state index is 11.3. The molecule has 3 N–H and O–H groups in total. The molecular formula is C17H17BrN4O2S. The number of hydrogen-bond acceptors (Lipinski definition) is 4. The lowest BCUT2D eigenvalue weighted by Gasteiger charge is -2.10. The first-order valence-electron chi connectivity index (χ1n) is 7.47. The van der Waals surface area contributed by atoms with E-state index in [0.29, 0.717) is 11.5 Å². The van der Waals surface area contributed by atoms with Crippen LogP contribution in [0.15, 0.2) is 53.0 Å². The summed E-state index contributed by atoms with van der Waals surface area (Å²) in [6.45, 7) is 1.90. The highest BCUT2D eigenvalue weighted by Crippen LogP contribution is 2.26. The average Bonchev–Trinajstić information content (AvgIpc) is 2.98. The summed E-state index contributed by atoms with van der Waals surface area (Å²) in [5.74, 6) is 0.685. The van der Waals surface area contributed by atoms with Gasteiger partial charge in [0.15, 0.2) is 5.82 Å².